The van der Waals surface area contributed by atoms with Crippen LogP contribution in [-0.2, 0) is 6.54 Å². The van der Waals surface area contributed by atoms with Crippen LogP contribution in [0.25, 0.3) is 0 Å². The molecule has 0 bridgehead atoms. The molecule has 0 saturated heterocycles. The van der Waals surface area contributed by atoms with Crippen LogP contribution in [0.5, 0.6) is 5.75 Å². The van der Waals surface area contributed by atoms with Gasteiger partial charge in [0.1, 0.15) is 5.75 Å². The second-order valence-electron chi connectivity index (χ2n) is 5.67. The molecule has 1 N–H and O–H groups in total. The highest BCUT2D eigenvalue weighted by atomic mass is 16.5. The molecule has 106 valence electrons. The van der Waals surface area contributed by atoms with Crippen molar-refractivity contribution >= 4 is 0 Å². The maximum absolute atomic E-state index is 6.02. The van der Waals surface area contributed by atoms with Crippen LogP contribution in [0, 0.1) is 5.92 Å². The summed E-state index contributed by atoms with van der Waals surface area (Å²) in [5, 5.41) is 3.35. The standard InChI is InChI=1S/C16H26N2O/c1-3-9-17-11-14-7-8-16(12-18-14)19-15-6-4-5-13(2)10-15/h7-8,12-13,15,17H,3-6,9-11H2,1-2H3. The topological polar surface area (TPSA) is 34.1 Å². The fourth-order valence-corrected chi connectivity index (χ4v) is 2.66. The second kappa shape index (κ2) is 7.49. The monoisotopic (exact) mass is 262 g/mol. The van der Waals surface area contributed by atoms with E-state index in [1.54, 1.807) is 0 Å². The highest BCUT2D eigenvalue weighted by molar-refractivity contribution is 5.20. The van der Waals surface area contributed by atoms with E-state index in [9.17, 15) is 0 Å². The predicted molar refractivity (Wildman–Crippen MR) is 78.3 cm³/mol. The minimum atomic E-state index is 0.384. The van der Waals surface area contributed by atoms with E-state index < -0.39 is 0 Å². The lowest BCUT2D eigenvalue weighted by atomic mass is 9.89. The van der Waals surface area contributed by atoms with Gasteiger partial charge in [-0.2, -0.15) is 0 Å². The number of pyridine rings is 1. The van der Waals surface area contributed by atoms with Gasteiger partial charge in [-0.1, -0.05) is 20.3 Å². The number of nitrogens with zero attached hydrogens (tertiary/aromatic N) is 1. The molecule has 1 aromatic heterocycles. The zero-order valence-electron chi connectivity index (χ0n) is 12.2. The molecule has 3 nitrogen and oxygen atoms in total. The van der Waals surface area contributed by atoms with Gasteiger partial charge in [0.25, 0.3) is 0 Å². The quantitative estimate of drug-likeness (QED) is 0.796. The van der Waals surface area contributed by atoms with Gasteiger partial charge in [-0.25, -0.2) is 0 Å². The van der Waals surface area contributed by atoms with Gasteiger partial charge in [0, 0.05) is 6.54 Å². The zero-order chi connectivity index (χ0) is 13.5. The molecule has 0 aliphatic heterocycles. The third-order valence-electron chi connectivity index (χ3n) is 3.72. The molecule has 19 heavy (non-hydrogen) atoms. The van der Waals surface area contributed by atoms with Gasteiger partial charge < -0.3 is 10.1 Å². The van der Waals surface area contributed by atoms with E-state index in [2.05, 4.69) is 36.3 Å². The van der Waals surface area contributed by atoms with Crippen LogP contribution < -0.4 is 10.1 Å². The highest BCUT2D eigenvalue weighted by Gasteiger charge is 2.20. The van der Waals surface area contributed by atoms with E-state index in [1.165, 1.54) is 25.7 Å². The maximum atomic E-state index is 6.02. The highest BCUT2D eigenvalue weighted by Crippen LogP contribution is 2.27. The molecule has 0 radical (unpaired) electrons. The number of ether oxygens (including phenoxy) is 1. The molecule has 0 aromatic carbocycles. The smallest absolute Gasteiger partial charge is 0.138 e. The fraction of sp³-hybridized carbons (Fsp3) is 0.688. The number of hydrogen-bond donors (Lipinski definition) is 1. The van der Waals surface area contributed by atoms with E-state index in [0.717, 1.165) is 36.9 Å². The summed E-state index contributed by atoms with van der Waals surface area (Å²) in [6, 6.07) is 4.11. The van der Waals surface area contributed by atoms with Crippen molar-refractivity contribution < 1.29 is 4.74 Å². The van der Waals surface area contributed by atoms with E-state index >= 15 is 0 Å². The van der Waals surface area contributed by atoms with Crippen molar-refractivity contribution in [1.82, 2.24) is 10.3 Å². The number of rotatable bonds is 6. The minimum absolute atomic E-state index is 0.384. The van der Waals surface area contributed by atoms with E-state index in [4.69, 9.17) is 4.74 Å². The first-order valence-electron chi connectivity index (χ1n) is 7.60. The van der Waals surface area contributed by atoms with Gasteiger partial charge in [-0.3, -0.25) is 4.98 Å². The van der Waals surface area contributed by atoms with Crippen LogP contribution in [0.3, 0.4) is 0 Å². The third kappa shape index (κ3) is 4.83. The normalized spacial score (nSPS) is 23.3. The summed E-state index contributed by atoms with van der Waals surface area (Å²) < 4.78 is 6.02. The van der Waals surface area contributed by atoms with Crippen molar-refractivity contribution in [2.45, 2.75) is 58.6 Å². The third-order valence-corrected chi connectivity index (χ3v) is 3.72. The Labute approximate surface area is 116 Å². The first-order valence-corrected chi connectivity index (χ1v) is 7.60. The van der Waals surface area contributed by atoms with Gasteiger partial charge in [0.2, 0.25) is 0 Å². The molecular formula is C16H26N2O. The second-order valence-corrected chi connectivity index (χ2v) is 5.67. The molecule has 1 heterocycles. The Kier molecular flexibility index (Phi) is 5.64. The Balaban J connectivity index is 1.81. The molecular weight excluding hydrogens is 236 g/mol. The molecule has 1 fully saturated rings. The molecule has 1 aliphatic rings. The van der Waals surface area contributed by atoms with Gasteiger partial charge in [0.05, 0.1) is 18.0 Å². The van der Waals surface area contributed by atoms with Crippen molar-refractivity contribution in [3.8, 4) is 5.75 Å². The Morgan fingerprint density at radius 1 is 1.37 bits per heavy atom. The van der Waals surface area contributed by atoms with Gasteiger partial charge in [-0.05, 0) is 50.3 Å². The average molecular weight is 262 g/mol. The van der Waals surface area contributed by atoms with Crippen LogP contribution in [0.1, 0.15) is 51.6 Å². The molecule has 3 heteroatoms. The Morgan fingerprint density at radius 3 is 2.95 bits per heavy atom. The van der Waals surface area contributed by atoms with Crippen LogP contribution in [0.4, 0.5) is 0 Å². The summed E-state index contributed by atoms with van der Waals surface area (Å²) in [4.78, 5) is 4.45. The fourth-order valence-electron chi connectivity index (χ4n) is 2.66. The van der Waals surface area contributed by atoms with E-state index in [1.807, 2.05) is 6.20 Å². The summed E-state index contributed by atoms with van der Waals surface area (Å²) in [7, 11) is 0. The maximum Gasteiger partial charge on any atom is 0.138 e. The lowest BCUT2D eigenvalue weighted by Gasteiger charge is -2.27. The van der Waals surface area contributed by atoms with Crippen molar-refractivity contribution in [1.29, 1.82) is 0 Å². The lowest BCUT2D eigenvalue weighted by Crippen LogP contribution is -2.24. The largest absolute Gasteiger partial charge is 0.489 e. The molecule has 0 amide bonds. The number of hydrogen-bond acceptors (Lipinski definition) is 3. The van der Waals surface area contributed by atoms with Crippen molar-refractivity contribution in [2.24, 2.45) is 5.92 Å². The summed E-state index contributed by atoms with van der Waals surface area (Å²) >= 11 is 0. The minimum Gasteiger partial charge on any atom is -0.489 e. The van der Waals surface area contributed by atoms with Crippen LogP contribution >= 0.6 is 0 Å². The summed E-state index contributed by atoms with van der Waals surface area (Å²) in [5.74, 6) is 1.71. The Bertz CT molecular complexity index is 364. The molecule has 1 aromatic rings. The van der Waals surface area contributed by atoms with Gasteiger partial charge in [0.15, 0.2) is 0 Å². The number of nitrogens with one attached hydrogen (secondary N) is 1. The van der Waals surface area contributed by atoms with Crippen LogP contribution in [0.15, 0.2) is 18.3 Å². The molecule has 0 spiro atoms. The lowest BCUT2D eigenvalue weighted by molar-refractivity contribution is 0.128. The first kappa shape index (κ1) is 14.3. The molecule has 2 unspecified atom stereocenters. The molecule has 1 saturated carbocycles. The van der Waals surface area contributed by atoms with Gasteiger partial charge in [-0.15, -0.1) is 0 Å². The molecule has 2 atom stereocenters. The predicted octanol–water partition coefficient (Wildman–Crippen LogP) is 3.54. The molecule has 2 rings (SSSR count). The van der Waals surface area contributed by atoms with E-state index in [-0.39, 0.29) is 0 Å². The first-order chi connectivity index (χ1) is 9.28. The summed E-state index contributed by atoms with van der Waals surface area (Å²) in [6.45, 7) is 6.37. The Morgan fingerprint density at radius 2 is 2.26 bits per heavy atom. The van der Waals surface area contributed by atoms with Crippen molar-refractivity contribution in [3.63, 3.8) is 0 Å². The molecule has 1 aliphatic carbocycles. The van der Waals surface area contributed by atoms with Crippen LogP contribution in [0.2, 0.25) is 0 Å². The van der Waals surface area contributed by atoms with Crippen molar-refractivity contribution in [2.75, 3.05) is 6.54 Å². The summed E-state index contributed by atoms with van der Waals surface area (Å²) in [5.41, 5.74) is 1.08. The zero-order valence-corrected chi connectivity index (χ0v) is 12.2. The van der Waals surface area contributed by atoms with Crippen molar-refractivity contribution in [3.05, 3.63) is 24.0 Å². The van der Waals surface area contributed by atoms with Crippen LogP contribution in [-0.4, -0.2) is 17.6 Å². The Hall–Kier alpha value is -1.09. The SMILES string of the molecule is CCCNCc1ccc(OC2CCCC(C)C2)cn1. The van der Waals surface area contributed by atoms with E-state index in [0.29, 0.717) is 6.10 Å². The summed E-state index contributed by atoms with van der Waals surface area (Å²) in [6.07, 6.45) is 8.40. The van der Waals surface area contributed by atoms with Gasteiger partial charge >= 0.3 is 0 Å². The average Bonchev–Trinajstić information content (AvgIpc) is 2.41. The number of aromatic nitrogens is 1.